The standard InChI is InChI=1S/C14H12ClFN2O/c1-8-5-10(14(17)18-7-8)13(19)6-9-11(15)3-2-4-12(9)16/h2-5,7H,6H2,1H3,(H2,17,18). The first-order valence-electron chi connectivity index (χ1n) is 5.67. The fourth-order valence-electron chi connectivity index (χ4n) is 1.76. The number of nitrogen functional groups attached to an aromatic ring is 1. The number of aryl methyl sites for hydroxylation is 1. The van der Waals surface area contributed by atoms with E-state index in [0.29, 0.717) is 5.56 Å². The number of hydrogen-bond acceptors (Lipinski definition) is 3. The summed E-state index contributed by atoms with van der Waals surface area (Å²) in [7, 11) is 0. The van der Waals surface area contributed by atoms with Crippen molar-refractivity contribution in [1.29, 1.82) is 0 Å². The molecule has 2 aromatic rings. The monoisotopic (exact) mass is 278 g/mol. The molecule has 98 valence electrons. The summed E-state index contributed by atoms with van der Waals surface area (Å²) in [6, 6.07) is 5.95. The van der Waals surface area contributed by atoms with E-state index in [1.807, 2.05) is 0 Å². The number of nitrogens with two attached hydrogens (primary N) is 1. The predicted octanol–water partition coefficient (Wildman–Crippen LogP) is 3.19. The Morgan fingerprint density at radius 2 is 2.21 bits per heavy atom. The Labute approximate surface area is 115 Å². The summed E-state index contributed by atoms with van der Waals surface area (Å²) in [4.78, 5) is 16.1. The van der Waals surface area contributed by atoms with Crippen molar-refractivity contribution >= 4 is 23.2 Å². The lowest BCUT2D eigenvalue weighted by Gasteiger charge is -2.07. The smallest absolute Gasteiger partial charge is 0.171 e. The van der Waals surface area contributed by atoms with Crippen molar-refractivity contribution in [3.63, 3.8) is 0 Å². The largest absolute Gasteiger partial charge is 0.383 e. The number of Topliss-reactive ketones (excluding diaryl/α,β-unsaturated/α-hetero) is 1. The van der Waals surface area contributed by atoms with Gasteiger partial charge in [-0.15, -0.1) is 0 Å². The molecule has 3 nitrogen and oxygen atoms in total. The van der Waals surface area contributed by atoms with Crippen LogP contribution in [0.4, 0.5) is 10.2 Å². The number of pyridine rings is 1. The van der Waals surface area contributed by atoms with Crippen LogP contribution in [0.1, 0.15) is 21.5 Å². The molecule has 19 heavy (non-hydrogen) atoms. The van der Waals surface area contributed by atoms with Gasteiger partial charge in [0, 0.05) is 23.2 Å². The molecule has 0 aliphatic heterocycles. The normalized spacial score (nSPS) is 10.5. The number of anilines is 1. The number of rotatable bonds is 3. The van der Waals surface area contributed by atoms with Crippen molar-refractivity contribution in [2.75, 3.05) is 5.73 Å². The summed E-state index contributed by atoms with van der Waals surface area (Å²) in [5.74, 6) is -0.663. The number of hydrogen-bond donors (Lipinski definition) is 1. The van der Waals surface area contributed by atoms with Gasteiger partial charge in [0.2, 0.25) is 0 Å². The zero-order valence-corrected chi connectivity index (χ0v) is 11.0. The maximum Gasteiger partial charge on any atom is 0.171 e. The second-order valence-corrected chi connectivity index (χ2v) is 4.65. The molecule has 0 aliphatic rings. The molecule has 0 bridgehead atoms. The van der Waals surface area contributed by atoms with E-state index in [-0.39, 0.29) is 28.6 Å². The molecule has 0 fully saturated rings. The second kappa shape index (κ2) is 5.36. The maximum atomic E-state index is 13.6. The molecule has 2 rings (SSSR count). The van der Waals surface area contributed by atoms with Gasteiger partial charge in [0.1, 0.15) is 11.6 Å². The van der Waals surface area contributed by atoms with Crippen LogP contribution in [0.25, 0.3) is 0 Å². The third-order valence-electron chi connectivity index (χ3n) is 2.75. The number of nitrogens with zero attached hydrogens (tertiary/aromatic N) is 1. The van der Waals surface area contributed by atoms with Crippen molar-refractivity contribution in [3.05, 3.63) is 58.0 Å². The van der Waals surface area contributed by atoms with Crippen molar-refractivity contribution in [1.82, 2.24) is 4.98 Å². The van der Waals surface area contributed by atoms with Crippen molar-refractivity contribution in [2.24, 2.45) is 0 Å². The summed E-state index contributed by atoms with van der Waals surface area (Å²) in [6.45, 7) is 1.80. The third kappa shape index (κ3) is 2.90. The Balaban J connectivity index is 2.34. The zero-order valence-electron chi connectivity index (χ0n) is 10.3. The lowest BCUT2D eigenvalue weighted by Crippen LogP contribution is -2.10. The minimum absolute atomic E-state index is 0.138. The average molecular weight is 279 g/mol. The molecule has 5 heteroatoms. The molecule has 1 heterocycles. The molecule has 0 saturated carbocycles. The van der Waals surface area contributed by atoms with E-state index in [1.54, 1.807) is 25.3 Å². The van der Waals surface area contributed by atoms with E-state index in [4.69, 9.17) is 17.3 Å². The first-order chi connectivity index (χ1) is 8.99. The number of carbonyl (C=O) groups excluding carboxylic acids is 1. The molecule has 0 saturated heterocycles. The lowest BCUT2D eigenvalue weighted by atomic mass is 10.0. The molecule has 0 unspecified atom stereocenters. The van der Waals surface area contributed by atoms with Gasteiger partial charge in [-0.25, -0.2) is 9.37 Å². The Kier molecular flexibility index (Phi) is 3.81. The fraction of sp³-hybridized carbons (Fsp3) is 0.143. The van der Waals surface area contributed by atoms with Crippen molar-refractivity contribution < 1.29 is 9.18 Å². The van der Waals surface area contributed by atoms with E-state index in [1.165, 1.54) is 12.1 Å². The van der Waals surface area contributed by atoms with Gasteiger partial charge >= 0.3 is 0 Å². The molecule has 0 radical (unpaired) electrons. The number of aromatic nitrogens is 1. The van der Waals surface area contributed by atoms with Crippen LogP contribution in [-0.4, -0.2) is 10.8 Å². The van der Waals surface area contributed by atoms with Gasteiger partial charge in [-0.05, 0) is 30.7 Å². The highest BCUT2D eigenvalue weighted by atomic mass is 35.5. The topological polar surface area (TPSA) is 56.0 Å². The molecule has 1 aromatic heterocycles. The SMILES string of the molecule is Cc1cnc(N)c(C(=O)Cc2c(F)cccc2Cl)c1. The minimum atomic E-state index is -0.500. The zero-order chi connectivity index (χ0) is 14.0. The lowest BCUT2D eigenvalue weighted by molar-refractivity contribution is 0.0992. The van der Waals surface area contributed by atoms with Crippen LogP contribution in [0.15, 0.2) is 30.5 Å². The van der Waals surface area contributed by atoms with E-state index >= 15 is 0 Å². The van der Waals surface area contributed by atoms with Crippen molar-refractivity contribution in [3.8, 4) is 0 Å². The maximum absolute atomic E-state index is 13.6. The molecule has 0 atom stereocenters. The quantitative estimate of drug-likeness (QED) is 0.877. The van der Waals surface area contributed by atoms with Gasteiger partial charge in [-0.1, -0.05) is 17.7 Å². The van der Waals surface area contributed by atoms with Crippen LogP contribution in [0, 0.1) is 12.7 Å². The molecule has 1 aromatic carbocycles. The summed E-state index contributed by atoms with van der Waals surface area (Å²) in [5.41, 5.74) is 6.95. The van der Waals surface area contributed by atoms with Gasteiger partial charge in [0.05, 0.1) is 5.56 Å². The highest BCUT2D eigenvalue weighted by Gasteiger charge is 2.16. The van der Waals surface area contributed by atoms with Crippen LogP contribution in [0.5, 0.6) is 0 Å². The van der Waals surface area contributed by atoms with Crippen LogP contribution >= 0.6 is 11.6 Å². The van der Waals surface area contributed by atoms with Gasteiger partial charge in [-0.2, -0.15) is 0 Å². The summed E-state index contributed by atoms with van der Waals surface area (Å²) >= 11 is 5.89. The minimum Gasteiger partial charge on any atom is -0.383 e. The number of halogens is 2. The van der Waals surface area contributed by atoms with E-state index in [0.717, 1.165) is 5.56 Å². The first-order valence-corrected chi connectivity index (χ1v) is 6.05. The highest BCUT2D eigenvalue weighted by Crippen LogP contribution is 2.22. The van der Waals surface area contributed by atoms with Crippen LogP contribution < -0.4 is 5.73 Å². The Hall–Kier alpha value is -1.94. The Bertz CT molecular complexity index is 623. The van der Waals surface area contributed by atoms with Gasteiger partial charge in [0.15, 0.2) is 5.78 Å². The van der Waals surface area contributed by atoms with Crippen LogP contribution in [-0.2, 0) is 6.42 Å². The van der Waals surface area contributed by atoms with E-state index in [2.05, 4.69) is 4.98 Å². The van der Waals surface area contributed by atoms with Crippen molar-refractivity contribution in [2.45, 2.75) is 13.3 Å². The fourth-order valence-corrected chi connectivity index (χ4v) is 1.99. The third-order valence-corrected chi connectivity index (χ3v) is 3.11. The first kappa shape index (κ1) is 13.5. The number of benzene rings is 1. The summed E-state index contributed by atoms with van der Waals surface area (Å²) in [5, 5.41) is 0.229. The van der Waals surface area contributed by atoms with Gasteiger partial charge < -0.3 is 5.73 Å². The van der Waals surface area contributed by atoms with Crippen LogP contribution in [0.2, 0.25) is 5.02 Å². The van der Waals surface area contributed by atoms with E-state index < -0.39 is 5.82 Å². The molecular formula is C14H12ClFN2O. The Morgan fingerprint density at radius 3 is 2.89 bits per heavy atom. The molecule has 0 amide bonds. The molecule has 0 spiro atoms. The van der Waals surface area contributed by atoms with Gasteiger partial charge in [0.25, 0.3) is 0 Å². The van der Waals surface area contributed by atoms with Crippen LogP contribution in [0.3, 0.4) is 0 Å². The average Bonchev–Trinajstić information content (AvgIpc) is 2.37. The molecule has 0 aliphatic carbocycles. The molecular weight excluding hydrogens is 267 g/mol. The number of carbonyl (C=O) groups is 1. The van der Waals surface area contributed by atoms with Gasteiger partial charge in [-0.3, -0.25) is 4.79 Å². The highest BCUT2D eigenvalue weighted by molar-refractivity contribution is 6.31. The predicted molar refractivity (Wildman–Crippen MR) is 72.8 cm³/mol. The molecule has 2 N–H and O–H groups in total. The second-order valence-electron chi connectivity index (χ2n) is 4.25. The Morgan fingerprint density at radius 1 is 1.47 bits per heavy atom. The number of ketones is 1. The summed E-state index contributed by atoms with van der Waals surface area (Å²) < 4.78 is 13.6. The van der Waals surface area contributed by atoms with E-state index in [9.17, 15) is 9.18 Å². The summed E-state index contributed by atoms with van der Waals surface area (Å²) in [6.07, 6.45) is 1.43.